The van der Waals surface area contributed by atoms with Gasteiger partial charge in [0.1, 0.15) is 0 Å². The van der Waals surface area contributed by atoms with Crippen LogP contribution in [0.4, 0.5) is 0 Å². The third kappa shape index (κ3) is 2.12. The minimum Gasteiger partial charge on any atom is -0.369 e. The van der Waals surface area contributed by atoms with Gasteiger partial charge in [-0.2, -0.15) is 0 Å². The second kappa shape index (κ2) is 3.94. The van der Waals surface area contributed by atoms with Crippen LogP contribution in [-0.4, -0.2) is 21.1 Å². The lowest BCUT2D eigenvalue weighted by Gasteiger charge is -2.02. The summed E-state index contributed by atoms with van der Waals surface area (Å²) < 4.78 is 0. The van der Waals surface area contributed by atoms with Gasteiger partial charge >= 0.3 is 0 Å². The van der Waals surface area contributed by atoms with Gasteiger partial charge in [-0.05, 0) is 19.1 Å². The maximum atomic E-state index is 10.9. The Balaban J connectivity index is 2.26. The highest BCUT2D eigenvalue weighted by molar-refractivity contribution is 8.00. The molecule has 3 N–H and O–H groups in total. The van der Waals surface area contributed by atoms with Gasteiger partial charge in [-0.25, -0.2) is 4.98 Å². The Hall–Kier alpha value is -1.49. The highest BCUT2D eigenvalue weighted by Gasteiger charge is 2.12. The van der Waals surface area contributed by atoms with E-state index in [1.807, 2.05) is 24.3 Å². The second-order valence-electron chi connectivity index (χ2n) is 3.22. The standard InChI is InChI=1S/C10H11N3OS/c1-6(9(11)14)15-10-12-7-4-2-3-5-8(7)13-10/h2-6H,1H3,(H2,11,14)(H,12,13)/t6-/m1/s1. The third-order valence-corrected chi connectivity index (χ3v) is 3.06. The minimum atomic E-state index is -0.333. The summed E-state index contributed by atoms with van der Waals surface area (Å²) in [5.41, 5.74) is 7.05. The van der Waals surface area contributed by atoms with Gasteiger partial charge in [-0.1, -0.05) is 23.9 Å². The van der Waals surface area contributed by atoms with Crippen molar-refractivity contribution in [2.45, 2.75) is 17.3 Å². The second-order valence-corrected chi connectivity index (χ2v) is 4.55. The number of aromatic nitrogens is 2. The summed E-state index contributed by atoms with van der Waals surface area (Å²) in [6.07, 6.45) is 0. The van der Waals surface area contributed by atoms with E-state index in [1.54, 1.807) is 6.92 Å². The summed E-state index contributed by atoms with van der Waals surface area (Å²) in [4.78, 5) is 18.3. The Bertz CT molecular complexity index is 461. The molecule has 0 fully saturated rings. The molecule has 1 amide bonds. The van der Waals surface area contributed by atoms with Crippen molar-refractivity contribution in [3.05, 3.63) is 24.3 Å². The monoisotopic (exact) mass is 221 g/mol. The fourth-order valence-corrected chi connectivity index (χ4v) is 1.98. The molecule has 1 heterocycles. The zero-order valence-corrected chi connectivity index (χ0v) is 9.04. The number of rotatable bonds is 3. The fraction of sp³-hybridized carbons (Fsp3) is 0.200. The number of aromatic amines is 1. The number of hydrogen-bond donors (Lipinski definition) is 2. The van der Waals surface area contributed by atoms with Crippen LogP contribution in [0, 0.1) is 0 Å². The number of imidazole rings is 1. The Labute approximate surface area is 91.3 Å². The Morgan fingerprint density at radius 3 is 2.93 bits per heavy atom. The highest BCUT2D eigenvalue weighted by atomic mass is 32.2. The van der Waals surface area contributed by atoms with E-state index in [-0.39, 0.29) is 11.2 Å². The van der Waals surface area contributed by atoms with Gasteiger partial charge in [0.15, 0.2) is 5.16 Å². The molecule has 0 bridgehead atoms. The molecule has 15 heavy (non-hydrogen) atoms. The van der Waals surface area contributed by atoms with E-state index < -0.39 is 0 Å². The van der Waals surface area contributed by atoms with E-state index in [2.05, 4.69) is 9.97 Å². The predicted octanol–water partition coefficient (Wildman–Crippen LogP) is 1.53. The van der Waals surface area contributed by atoms with Gasteiger partial charge < -0.3 is 10.7 Å². The van der Waals surface area contributed by atoms with E-state index in [9.17, 15) is 4.79 Å². The molecule has 4 nitrogen and oxygen atoms in total. The summed E-state index contributed by atoms with van der Waals surface area (Å²) in [5.74, 6) is -0.333. The summed E-state index contributed by atoms with van der Waals surface area (Å²) in [6, 6.07) is 7.73. The number of thioether (sulfide) groups is 1. The number of nitrogens with one attached hydrogen (secondary N) is 1. The average Bonchev–Trinajstić information content (AvgIpc) is 2.59. The van der Waals surface area contributed by atoms with Gasteiger partial charge in [0, 0.05) is 0 Å². The Morgan fingerprint density at radius 2 is 2.27 bits per heavy atom. The molecule has 2 rings (SSSR count). The van der Waals surface area contributed by atoms with Crippen LogP contribution in [0.25, 0.3) is 11.0 Å². The van der Waals surface area contributed by atoms with Crippen molar-refractivity contribution >= 4 is 28.7 Å². The number of carbonyl (C=O) groups excluding carboxylic acids is 1. The molecule has 1 atom stereocenters. The van der Waals surface area contributed by atoms with Gasteiger partial charge in [-0.15, -0.1) is 0 Å². The van der Waals surface area contributed by atoms with Gasteiger partial charge in [-0.3, -0.25) is 4.79 Å². The molecule has 0 aliphatic carbocycles. The zero-order chi connectivity index (χ0) is 10.8. The van der Waals surface area contributed by atoms with Crippen LogP contribution in [0.5, 0.6) is 0 Å². The largest absolute Gasteiger partial charge is 0.369 e. The number of primary amides is 1. The number of hydrogen-bond acceptors (Lipinski definition) is 3. The predicted molar refractivity (Wildman–Crippen MR) is 60.6 cm³/mol. The first-order valence-corrected chi connectivity index (χ1v) is 5.45. The van der Waals surface area contributed by atoms with E-state index in [1.165, 1.54) is 11.8 Å². The Morgan fingerprint density at radius 1 is 1.53 bits per heavy atom. The summed E-state index contributed by atoms with van der Waals surface area (Å²) >= 11 is 1.34. The summed E-state index contributed by atoms with van der Waals surface area (Å²) in [5, 5.41) is 0.452. The van der Waals surface area contributed by atoms with Crippen molar-refractivity contribution in [2.24, 2.45) is 5.73 Å². The number of para-hydroxylation sites is 2. The molecule has 2 aromatic rings. The molecular weight excluding hydrogens is 210 g/mol. The average molecular weight is 221 g/mol. The van der Waals surface area contributed by atoms with Crippen LogP contribution < -0.4 is 5.73 Å². The van der Waals surface area contributed by atoms with Crippen molar-refractivity contribution in [1.29, 1.82) is 0 Å². The van der Waals surface area contributed by atoms with E-state index in [0.717, 1.165) is 16.2 Å². The third-order valence-electron chi connectivity index (χ3n) is 2.06. The number of H-pyrrole nitrogens is 1. The molecule has 0 aliphatic rings. The number of nitrogens with zero attached hydrogens (tertiary/aromatic N) is 1. The van der Waals surface area contributed by atoms with Crippen LogP contribution in [0.2, 0.25) is 0 Å². The van der Waals surface area contributed by atoms with E-state index in [4.69, 9.17) is 5.73 Å². The van der Waals surface area contributed by atoms with Crippen molar-refractivity contribution in [3.8, 4) is 0 Å². The van der Waals surface area contributed by atoms with Crippen molar-refractivity contribution < 1.29 is 4.79 Å². The molecule has 0 radical (unpaired) electrons. The maximum Gasteiger partial charge on any atom is 0.230 e. The number of fused-ring (bicyclic) bond motifs is 1. The topological polar surface area (TPSA) is 71.8 Å². The van der Waals surface area contributed by atoms with E-state index in [0.29, 0.717) is 0 Å². The van der Waals surface area contributed by atoms with Gasteiger partial charge in [0.25, 0.3) is 0 Å². The molecule has 5 heteroatoms. The fourth-order valence-electron chi connectivity index (χ4n) is 1.21. The van der Waals surface area contributed by atoms with Crippen LogP contribution >= 0.6 is 11.8 Å². The number of benzene rings is 1. The number of amides is 1. The lowest BCUT2D eigenvalue weighted by molar-refractivity contribution is -0.117. The minimum absolute atomic E-state index is 0.273. The van der Waals surface area contributed by atoms with E-state index >= 15 is 0 Å². The van der Waals surface area contributed by atoms with Crippen LogP contribution in [-0.2, 0) is 4.79 Å². The maximum absolute atomic E-state index is 10.9. The summed E-state index contributed by atoms with van der Waals surface area (Å²) in [6.45, 7) is 1.76. The van der Waals surface area contributed by atoms with Crippen LogP contribution in [0.15, 0.2) is 29.4 Å². The van der Waals surface area contributed by atoms with Gasteiger partial charge in [0.05, 0.1) is 16.3 Å². The lowest BCUT2D eigenvalue weighted by atomic mass is 10.3. The van der Waals surface area contributed by atoms with Crippen molar-refractivity contribution in [3.63, 3.8) is 0 Å². The van der Waals surface area contributed by atoms with Gasteiger partial charge in [0.2, 0.25) is 5.91 Å². The molecular formula is C10H11N3OS. The quantitative estimate of drug-likeness (QED) is 0.772. The molecule has 0 saturated carbocycles. The molecule has 0 saturated heterocycles. The van der Waals surface area contributed by atoms with Crippen molar-refractivity contribution in [2.75, 3.05) is 0 Å². The molecule has 78 valence electrons. The number of nitrogens with two attached hydrogens (primary N) is 1. The molecule has 0 aliphatic heterocycles. The molecule has 1 aromatic carbocycles. The summed E-state index contributed by atoms with van der Waals surface area (Å²) in [7, 11) is 0. The number of carbonyl (C=O) groups is 1. The van der Waals surface area contributed by atoms with Crippen LogP contribution in [0.3, 0.4) is 0 Å². The molecule has 0 spiro atoms. The first kappa shape index (κ1) is 10.0. The normalized spacial score (nSPS) is 12.9. The highest BCUT2D eigenvalue weighted by Crippen LogP contribution is 2.22. The zero-order valence-electron chi connectivity index (χ0n) is 8.23. The molecule has 1 aromatic heterocycles. The van der Waals surface area contributed by atoms with Crippen molar-refractivity contribution in [1.82, 2.24) is 9.97 Å². The first-order chi connectivity index (χ1) is 7.16. The Kier molecular flexibility index (Phi) is 2.64. The molecule has 0 unspecified atom stereocenters. The lowest BCUT2D eigenvalue weighted by Crippen LogP contribution is -2.22. The first-order valence-electron chi connectivity index (χ1n) is 4.57. The smallest absolute Gasteiger partial charge is 0.230 e. The SMILES string of the molecule is C[C@@H](Sc1nc2ccccc2[nH]1)C(N)=O. The van der Waals surface area contributed by atoms with Crippen LogP contribution in [0.1, 0.15) is 6.92 Å².